The van der Waals surface area contributed by atoms with Gasteiger partial charge in [-0.1, -0.05) is 13.8 Å². The first kappa shape index (κ1) is 9.56. The maximum Gasteiger partial charge on any atom is 0.121 e. The molecule has 1 fully saturated rings. The summed E-state index contributed by atoms with van der Waals surface area (Å²) in [5.74, 6) is 3.10. The Morgan fingerprint density at radius 1 is 1.64 bits per heavy atom. The number of nitrogen functional groups attached to an aromatic ring is 1. The highest BCUT2D eigenvalue weighted by Crippen LogP contribution is 2.50. The van der Waals surface area contributed by atoms with Crippen molar-refractivity contribution in [1.29, 1.82) is 0 Å². The van der Waals surface area contributed by atoms with Crippen LogP contribution in [0.1, 0.15) is 38.3 Å². The van der Waals surface area contributed by atoms with E-state index >= 15 is 0 Å². The average Bonchev–Trinajstić information content (AvgIpc) is 2.73. The zero-order chi connectivity index (χ0) is 10.3. The summed E-state index contributed by atoms with van der Waals surface area (Å²) in [7, 11) is 1.90. The monoisotopic (exact) mass is 193 g/mol. The van der Waals surface area contributed by atoms with Crippen LogP contribution >= 0.6 is 0 Å². The molecular formula is C11H19N3. The second-order valence-corrected chi connectivity index (χ2v) is 4.85. The van der Waals surface area contributed by atoms with E-state index in [0.29, 0.717) is 5.92 Å². The minimum Gasteiger partial charge on any atom is -0.384 e. The van der Waals surface area contributed by atoms with E-state index in [0.717, 1.165) is 17.7 Å². The zero-order valence-corrected chi connectivity index (χ0v) is 9.20. The summed E-state index contributed by atoms with van der Waals surface area (Å²) in [6.07, 6.45) is 2.62. The molecule has 0 spiro atoms. The molecule has 2 atom stereocenters. The van der Waals surface area contributed by atoms with Gasteiger partial charge in [0.15, 0.2) is 0 Å². The minimum absolute atomic E-state index is 0.681. The van der Waals surface area contributed by atoms with Gasteiger partial charge in [0.2, 0.25) is 0 Å². The summed E-state index contributed by atoms with van der Waals surface area (Å²) in [5.41, 5.74) is 6.94. The molecule has 0 aliphatic heterocycles. The Morgan fingerprint density at radius 3 is 2.86 bits per heavy atom. The lowest BCUT2D eigenvalue weighted by molar-refractivity contribution is 0.529. The molecule has 2 rings (SSSR count). The summed E-state index contributed by atoms with van der Waals surface area (Å²) in [5, 5.41) is 4.42. The van der Waals surface area contributed by atoms with Gasteiger partial charge in [0, 0.05) is 19.0 Å². The van der Waals surface area contributed by atoms with Gasteiger partial charge in [0.25, 0.3) is 0 Å². The Balaban J connectivity index is 1.99. The van der Waals surface area contributed by atoms with E-state index in [2.05, 4.69) is 18.9 Å². The molecule has 0 amide bonds. The lowest BCUT2D eigenvalue weighted by Crippen LogP contribution is -1.97. The highest BCUT2D eigenvalue weighted by Gasteiger charge is 2.40. The normalized spacial score (nSPS) is 25.7. The summed E-state index contributed by atoms with van der Waals surface area (Å²) in [6, 6.07) is 2.02. The molecule has 0 saturated heterocycles. The molecule has 0 radical (unpaired) electrons. The van der Waals surface area contributed by atoms with Crippen LogP contribution in [0.4, 0.5) is 5.82 Å². The molecule has 1 aliphatic rings. The summed E-state index contributed by atoms with van der Waals surface area (Å²) in [4.78, 5) is 0. The summed E-state index contributed by atoms with van der Waals surface area (Å²) in [6.45, 7) is 4.56. The van der Waals surface area contributed by atoms with Crippen molar-refractivity contribution in [3.8, 4) is 0 Å². The van der Waals surface area contributed by atoms with Crippen LogP contribution in [0, 0.1) is 11.8 Å². The minimum atomic E-state index is 0.681. The average molecular weight is 193 g/mol. The molecule has 3 nitrogen and oxygen atoms in total. The van der Waals surface area contributed by atoms with Crippen LogP contribution in [0.15, 0.2) is 6.07 Å². The smallest absolute Gasteiger partial charge is 0.121 e. The lowest BCUT2D eigenvalue weighted by atomic mass is 10.1. The first-order valence-electron chi connectivity index (χ1n) is 5.37. The predicted octanol–water partition coefficient (Wildman–Crippen LogP) is 2.15. The molecule has 3 heteroatoms. The first-order chi connectivity index (χ1) is 6.58. The van der Waals surface area contributed by atoms with Gasteiger partial charge < -0.3 is 5.73 Å². The van der Waals surface area contributed by atoms with Crippen molar-refractivity contribution in [2.75, 3.05) is 5.73 Å². The number of nitrogens with two attached hydrogens (primary N) is 1. The highest BCUT2D eigenvalue weighted by atomic mass is 15.3. The number of hydrogen-bond acceptors (Lipinski definition) is 2. The van der Waals surface area contributed by atoms with Gasteiger partial charge in [-0.25, -0.2) is 0 Å². The molecule has 1 aromatic rings. The summed E-state index contributed by atoms with van der Waals surface area (Å²) < 4.78 is 1.76. The molecular weight excluding hydrogens is 174 g/mol. The molecule has 1 heterocycles. The third kappa shape index (κ3) is 1.76. The van der Waals surface area contributed by atoms with Gasteiger partial charge in [0.1, 0.15) is 5.82 Å². The van der Waals surface area contributed by atoms with Crippen molar-refractivity contribution in [3.05, 3.63) is 11.8 Å². The van der Waals surface area contributed by atoms with E-state index in [9.17, 15) is 0 Å². The molecule has 0 aromatic carbocycles. The largest absolute Gasteiger partial charge is 0.384 e. The summed E-state index contributed by atoms with van der Waals surface area (Å²) >= 11 is 0. The van der Waals surface area contributed by atoms with Gasteiger partial charge in [-0.15, -0.1) is 0 Å². The van der Waals surface area contributed by atoms with Crippen molar-refractivity contribution in [2.45, 2.75) is 32.6 Å². The number of hydrogen-bond donors (Lipinski definition) is 1. The van der Waals surface area contributed by atoms with E-state index in [1.807, 2.05) is 13.1 Å². The molecule has 78 valence electrons. The molecule has 1 aliphatic carbocycles. The van der Waals surface area contributed by atoms with Crippen molar-refractivity contribution in [2.24, 2.45) is 18.9 Å². The van der Waals surface area contributed by atoms with Crippen LogP contribution in [0.3, 0.4) is 0 Å². The van der Waals surface area contributed by atoms with Gasteiger partial charge in [0.05, 0.1) is 5.69 Å². The molecule has 14 heavy (non-hydrogen) atoms. The number of aryl methyl sites for hydroxylation is 1. The Bertz CT molecular complexity index is 308. The van der Waals surface area contributed by atoms with Crippen LogP contribution in [-0.4, -0.2) is 9.78 Å². The molecule has 2 N–H and O–H groups in total. The first-order valence-corrected chi connectivity index (χ1v) is 5.37. The maximum absolute atomic E-state index is 5.75. The van der Waals surface area contributed by atoms with Crippen molar-refractivity contribution >= 4 is 5.82 Å². The van der Waals surface area contributed by atoms with E-state index in [-0.39, 0.29) is 0 Å². The van der Waals surface area contributed by atoms with Gasteiger partial charge in [-0.2, -0.15) is 5.10 Å². The standard InChI is InChI=1S/C11H19N3/c1-7(2)4-8-5-9(8)10-6-11(12)14(3)13-10/h6-9H,4-5,12H2,1-3H3. The van der Waals surface area contributed by atoms with Gasteiger partial charge >= 0.3 is 0 Å². The topological polar surface area (TPSA) is 43.8 Å². The molecule has 2 unspecified atom stereocenters. The Morgan fingerprint density at radius 2 is 2.36 bits per heavy atom. The van der Waals surface area contributed by atoms with Gasteiger partial charge in [-0.3, -0.25) is 4.68 Å². The predicted molar refractivity (Wildman–Crippen MR) is 57.9 cm³/mol. The van der Waals surface area contributed by atoms with Crippen LogP contribution in [0.25, 0.3) is 0 Å². The van der Waals surface area contributed by atoms with E-state index in [4.69, 9.17) is 5.73 Å². The molecule has 1 aromatic heterocycles. The van der Waals surface area contributed by atoms with Crippen LogP contribution in [-0.2, 0) is 7.05 Å². The van der Waals surface area contributed by atoms with Crippen LogP contribution < -0.4 is 5.73 Å². The molecule has 1 saturated carbocycles. The lowest BCUT2D eigenvalue weighted by Gasteiger charge is -2.01. The van der Waals surface area contributed by atoms with Crippen molar-refractivity contribution < 1.29 is 0 Å². The zero-order valence-electron chi connectivity index (χ0n) is 9.20. The van der Waals surface area contributed by atoms with Crippen molar-refractivity contribution in [1.82, 2.24) is 9.78 Å². The third-order valence-corrected chi connectivity index (χ3v) is 3.01. The Hall–Kier alpha value is -0.990. The Kier molecular flexibility index (Phi) is 2.25. The maximum atomic E-state index is 5.75. The fourth-order valence-corrected chi connectivity index (χ4v) is 2.16. The van der Waals surface area contributed by atoms with E-state index < -0.39 is 0 Å². The SMILES string of the molecule is CC(C)CC1CC1c1cc(N)n(C)n1. The van der Waals surface area contributed by atoms with Crippen molar-refractivity contribution in [3.63, 3.8) is 0 Å². The van der Waals surface area contributed by atoms with E-state index in [1.165, 1.54) is 18.5 Å². The third-order valence-electron chi connectivity index (χ3n) is 3.01. The van der Waals surface area contributed by atoms with Gasteiger partial charge in [-0.05, 0) is 24.7 Å². The number of anilines is 1. The number of aromatic nitrogens is 2. The Labute approximate surface area is 85.3 Å². The second-order valence-electron chi connectivity index (χ2n) is 4.85. The van der Waals surface area contributed by atoms with Crippen LogP contribution in [0.2, 0.25) is 0 Å². The highest BCUT2D eigenvalue weighted by molar-refractivity contribution is 5.34. The van der Waals surface area contributed by atoms with E-state index in [1.54, 1.807) is 4.68 Å². The molecule has 0 bridgehead atoms. The van der Waals surface area contributed by atoms with Crippen LogP contribution in [0.5, 0.6) is 0 Å². The second kappa shape index (κ2) is 3.30. The number of rotatable bonds is 3. The number of nitrogens with zero attached hydrogens (tertiary/aromatic N) is 2. The fourth-order valence-electron chi connectivity index (χ4n) is 2.16. The quantitative estimate of drug-likeness (QED) is 0.799. The fraction of sp³-hybridized carbons (Fsp3) is 0.727.